The number of aliphatic carboxylic acids is 1. The number of aromatic carboxylic acids is 1. The van der Waals surface area contributed by atoms with E-state index in [1.807, 2.05) is 0 Å². The van der Waals surface area contributed by atoms with Gasteiger partial charge in [-0.2, -0.15) is 0 Å². The topological polar surface area (TPSA) is 125 Å². The standard InChI is InChI=1S/C23H12Cl4O7/c24-13-4-9(10(23(32)33)5-14(13)25)19-11-6-15(26)16(28)7-17(11)34-22-12(19)3-8(1-2-18(29)30)21(31)20(22)27/h3-7,31H,1-2H2,(H,29,30)(H,32,33). The van der Waals surface area contributed by atoms with Crippen LogP contribution in [0.5, 0.6) is 5.75 Å². The molecule has 0 amide bonds. The summed E-state index contributed by atoms with van der Waals surface area (Å²) >= 11 is 24.7. The normalized spacial score (nSPS) is 11.3. The molecule has 0 saturated heterocycles. The Kier molecular flexibility index (Phi) is 6.40. The molecule has 2 aromatic carbocycles. The fraction of sp³-hybridized carbons (Fsp3) is 0.0870. The van der Waals surface area contributed by atoms with Gasteiger partial charge in [0.2, 0.25) is 5.43 Å². The van der Waals surface area contributed by atoms with Gasteiger partial charge in [-0.15, -0.1) is 0 Å². The Morgan fingerprint density at radius 3 is 2.18 bits per heavy atom. The predicted octanol–water partition coefficient (Wildman–Crippen LogP) is 6.60. The van der Waals surface area contributed by atoms with Crippen LogP contribution >= 0.6 is 46.4 Å². The molecular formula is C23H12Cl4O7. The maximum absolute atomic E-state index is 12.2. The van der Waals surface area contributed by atoms with Crippen molar-refractivity contribution in [2.45, 2.75) is 12.8 Å². The lowest BCUT2D eigenvalue weighted by molar-refractivity contribution is -0.136. The van der Waals surface area contributed by atoms with Gasteiger partial charge in [0.25, 0.3) is 0 Å². The van der Waals surface area contributed by atoms with Crippen LogP contribution in [0.15, 0.2) is 39.5 Å². The Morgan fingerprint density at radius 2 is 1.53 bits per heavy atom. The first-order valence-corrected chi connectivity index (χ1v) is 11.1. The first kappa shape index (κ1) is 24.2. The molecule has 2 aliphatic rings. The first-order valence-electron chi connectivity index (χ1n) is 9.54. The van der Waals surface area contributed by atoms with Gasteiger partial charge in [0.05, 0.1) is 20.6 Å². The number of fused-ring (bicyclic) bond motifs is 2. The highest BCUT2D eigenvalue weighted by atomic mass is 35.5. The van der Waals surface area contributed by atoms with Crippen molar-refractivity contribution in [2.24, 2.45) is 0 Å². The number of carbonyl (C=O) groups is 2. The monoisotopic (exact) mass is 540 g/mol. The van der Waals surface area contributed by atoms with Crippen LogP contribution in [-0.2, 0) is 11.2 Å². The van der Waals surface area contributed by atoms with E-state index in [1.54, 1.807) is 0 Å². The van der Waals surface area contributed by atoms with Crippen molar-refractivity contribution in [1.82, 2.24) is 0 Å². The predicted molar refractivity (Wildman–Crippen MR) is 129 cm³/mol. The van der Waals surface area contributed by atoms with Crippen LogP contribution in [0.1, 0.15) is 22.3 Å². The molecule has 34 heavy (non-hydrogen) atoms. The maximum atomic E-state index is 12.2. The van der Waals surface area contributed by atoms with Gasteiger partial charge in [0, 0.05) is 29.0 Å². The Balaban J connectivity index is 2.23. The van der Waals surface area contributed by atoms with Crippen LogP contribution in [0.3, 0.4) is 0 Å². The number of hydrogen-bond acceptors (Lipinski definition) is 5. The summed E-state index contributed by atoms with van der Waals surface area (Å²) in [7, 11) is 0. The number of carboxylic acid groups (broad SMARTS) is 2. The van der Waals surface area contributed by atoms with Gasteiger partial charge in [-0.05, 0) is 41.8 Å². The SMILES string of the molecule is O=C(O)CCc1cc2c(-c3cc(Cl)c(Cl)cc3C(=O)O)c3cc(Cl)c(=O)cc-3oc2c(Cl)c1O. The molecule has 0 atom stereocenters. The van der Waals surface area contributed by atoms with Crippen molar-refractivity contribution in [2.75, 3.05) is 0 Å². The van der Waals surface area contributed by atoms with E-state index in [0.29, 0.717) is 0 Å². The molecule has 4 rings (SSSR count). The molecule has 0 spiro atoms. The van der Waals surface area contributed by atoms with Crippen molar-refractivity contribution in [3.8, 4) is 28.2 Å². The number of rotatable bonds is 5. The van der Waals surface area contributed by atoms with Crippen molar-refractivity contribution in [3.05, 3.63) is 71.8 Å². The zero-order valence-corrected chi connectivity index (χ0v) is 19.8. The third-order valence-electron chi connectivity index (χ3n) is 5.23. The number of benzene rings is 3. The van der Waals surface area contributed by atoms with Crippen molar-refractivity contribution < 1.29 is 29.3 Å². The second-order valence-corrected chi connectivity index (χ2v) is 8.94. The zero-order valence-electron chi connectivity index (χ0n) is 16.8. The summed E-state index contributed by atoms with van der Waals surface area (Å²) in [5.74, 6) is -2.77. The Hall–Kier alpha value is -2.97. The molecule has 0 unspecified atom stereocenters. The lowest BCUT2D eigenvalue weighted by atomic mass is 9.89. The minimum atomic E-state index is -1.31. The third kappa shape index (κ3) is 4.16. The minimum Gasteiger partial charge on any atom is -0.506 e. The van der Waals surface area contributed by atoms with Gasteiger partial charge in [-0.25, -0.2) is 4.79 Å². The zero-order chi connectivity index (χ0) is 24.9. The average molecular weight is 542 g/mol. The van der Waals surface area contributed by atoms with Crippen LogP contribution in [0.25, 0.3) is 33.4 Å². The number of aryl methyl sites for hydroxylation is 1. The lowest BCUT2D eigenvalue weighted by Gasteiger charge is -2.19. The summed E-state index contributed by atoms with van der Waals surface area (Å²) in [6.07, 6.45) is -0.365. The van der Waals surface area contributed by atoms with Gasteiger partial charge in [0.15, 0.2) is 5.58 Å². The van der Waals surface area contributed by atoms with Gasteiger partial charge >= 0.3 is 11.9 Å². The van der Waals surface area contributed by atoms with Gasteiger partial charge < -0.3 is 19.7 Å². The highest BCUT2D eigenvalue weighted by Gasteiger charge is 2.26. The summed E-state index contributed by atoms with van der Waals surface area (Å²) in [5, 5.41) is 29.4. The van der Waals surface area contributed by atoms with Crippen LogP contribution in [0.4, 0.5) is 0 Å². The summed E-state index contributed by atoms with van der Waals surface area (Å²) < 4.78 is 5.82. The van der Waals surface area contributed by atoms with E-state index in [0.717, 1.165) is 6.07 Å². The minimum absolute atomic E-state index is 0.00903. The van der Waals surface area contributed by atoms with Crippen LogP contribution in [0.2, 0.25) is 20.1 Å². The molecule has 7 nitrogen and oxygen atoms in total. The molecule has 1 heterocycles. The lowest BCUT2D eigenvalue weighted by Crippen LogP contribution is -2.05. The number of aromatic hydroxyl groups is 1. The molecule has 0 saturated carbocycles. The highest BCUT2D eigenvalue weighted by molar-refractivity contribution is 6.42. The number of hydrogen-bond donors (Lipinski definition) is 3. The van der Waals surface area contributed by atoms with Crippen molar-refractivity contribution in [3.63, 3.8) is 0 Å². The second kappa shape index (κ2) is 9.00. The van der Waals surface area contributed by atoms with Gasteiger partial charge in [-0.1, -0.05) is 46.4 Å². The molecule has 3 N–H and O–H groups in total. The smallest absolute Gasteiger partial charge is 0.336 e. The summed E-state index contributed by atoms with van der Waals surface area (Å²) in [4.78, 5) is 35.4. The van der Waals surface area contributed by atoms with Gasteiger partial charge in [0.1, 0.15) is 16.5 Å². The summed E-state index contributed by atoms with van der Waals surface area (Å²) in [6, 6.07) is 6.41. The average Bonchev–Trinajstić information content (AvgIpc) is 2.76. The number of phenolic OH excluding ortho intramolecular Hbond substituents is 1. The van der Waals surface area contributed by atoms with E-state index >= 15 is 0 Å². The summed E-state index contributed by atoms with van der Waals surface area (Å²) in [6.45, 7) is 0. The van der Waals surface area contributed by atoms with E-state index in [2.05, 4.69) is 0 Å². The second-order valence-electron chi connectivity index (χ2n) is 7.34. The fourth-order valence-corrected chi connectivity index (χ4v) is 4.44. The Morgan fingerprint density at radius 1 is 0.882 bits per heavy atom. The third-order valence-corrected chi connectivity index (χ3v) is 6.60. The van der Waals surface area contributed by atoms with Crippen molar-refractivity contribution >= 4 is 69.3 Å². The van der Waals surface area contributed by atoms with Gasteiger partial charge in [-0.3, -0.25) is 9.59 Å². The van der Waals surface area contributed by atoms with Crippen LogP contribution in [0, 0.1) is 0 Å². The highest BCUT2D eigenvalue weighted by Crippen LogP contribution is 2.47. The molecule has 11 heteroatoms. The maximum Gasteiger partial charge on any atom is 0.336 e. The molecule has 0 fully saturated rings. The van der Waals surface area contributed by atoms with E-state index in [1.165, 1.54) is 24.3 Å². The molecule has 1 aliphatic heterocycles. The molecule has 0 radical (unpaired) electrons. The quantitative estimate of drug-likeness (QED) is 0.243. The molecule has 174 valence electrons. The van der Waals surface area contributed by atoms with Crippen LogP contribution in [-0.4, -0.2) is 27.3 Å². The molecule has 0 aromatic heterocycles. The van der Waals surface area contributed by atoms with E-state index in [-0.39, 0.29) is 77.5 Å². The fourth-order valence-electron chi connectivity index (χ4n) is 3.68. The Labute approximate surface area is 211 Å². The largest absolute Gasteiger partial charge is 0.506 e. The van der Waals surface area contributed by atoms with Crippen LogP contribution < -0.4 is 5.43 Å². The summed E-state index contributed by atoms with van der Waals surface area (Å²) in [5.41, 5.74) is 0.0185. The number of carboxylic acids is 2. The van der Waals surface area contributed by atoms with Crippen molar-refractivity contribution in [1.29, 1.82) is 0 Å². The molecule has 2 aromatic rings. The first-order chi connectivity index (χ1) is 16.0. The van der Waals surface area contributed by atoms with E-state index in [4.69, 9.17) is 55.9 Å². The van der Waals surface area contributed by atoms with E-state index < -0.39 is 23.1 Å². The molecule has 1 aliphatic carbocycles. The number of halogens is 4. The number of phenols is 1. The molecule has 0 bridgehead atoms. The van der Waals surface area contributed by atoms with E-state index in [9.17, 15) is 24.6 Å². The Bertz CT molecular complexity index is 1540. The molecular weight excluding hydrogens is 530 g/mol.